The summed E-state index contributed by atoms with van der Waals surface area (Å²) in [6.07, 6.45) is 2.11. The molecule has 14 heavy (non-hydrogen) atoms. The Morgan fingerprint density at radius 1 is 1.36 bits per heavy atom. The standard InChI is InChI=1S/C12H15ClO/c1-8-6-9-4-5-12(2,3)14-11(9)10(13)7-8/h6-7H,4-5H2,1-3H3. The topological polar surface area (TPSA) is 9.23 Å². The molecular formula is C12H15ClO. The Kier molecular flexibility index (Phi) is 2.23. The van der Waals surface area contributed by atoms with Crippen LogP contribution in [0.15, 0.2) is 12.1 Å². The van der Waals surface area contributed by atoms with E-state index in [0.717, 1.165) is 23.6 Å². The second-order valence-electron chi connectivity index (χ2n) is 4.60. The molecule has 1 aromatic rings. The average Bonchev–Trinajstić information content (AvgIpc) is 2.06. The van der Waals surface area contributed by atoms with Gasteiger partial charge in [-0.3, -0.25) is 0 Å². The van der Waals surface area contributed by atoms with Crippen LogP contribution in [0.2, 0.25) is 5.02 Å². The van der Waals surface area contributed by atoms with E-state index in [-0.39, 0.29) is 5.60 Å². The summed E-state index contributed by atoms with van der Waals surface area (Å²) < 4.78 is 5.87. The Labute approximate surface area is 90.0 Å². The van der Waals surface area contributed by atoms with Gasteiger partial charge in [0.25, 0.3) is 0 Å². The zero-order valence-electron chi connectivity index (χ0n) is 8.86. The molecule has 2 rings (SSSR count). The SMILES string of the molecule is Cc1cc(Cl)c2c(c1)CCC(C)(C)O2. The molecule has 1 aromatic carbocycles. The summed E-state index contributed by atoms with van der Waals surface area (Å²) in [7, 11) is 0. The highest BCUT2D eigenvalue weighted by Gasteiger charge is 2.28. The van der Waals surface area contributed by atoms with Crippen molar-refractivity contribution in [2.75, 3.05) is 0 Å². The number of hydrogen-bond donors (Lipinski definition) is 0. The minimum absolute atomic E-state index is 0.0775. The smallest absolute Gasteiger partial charge is 0.141 e. The quantitative estimate of drug-likeness (QED) is 0.634. The van der Waals surface area contributed by atoms with E-state index in [1.807, 2.05) is 6.07 Å². The van der Waals surface area contributed by atoms with Crippen LogP contribution in [0.4, 0.5) is 0 Å². The number of aryl methyl sites for hydroxylation is 2. The molecule has 1 nitrogen and oxygen atoms in total. The molecule has 0 bridgehead atoms. The molecule has 1 aliphatic heterocycles. The first-order valence-corrected chi connectivity index (χ1v) is 5.34. The Hall–Kier alpha value is -0.690. The number of halogens is 1. The molecule has 1 heterocycles. The first-order chi connectivity index (χ1) is 6.48. The molecule has 0 saturated carbocycles. The van der Waals surface area contributed by atoms with Crippen molar-refractivity contribution >= 4 is 11.6 Å². The molecule has 0 aromatic heterocycles. The molecule has 0 aliphatic carbocycles. The average molecular weight is 211 g/mol. The minimum Gasteiger partial charge on any atom is -0.486 e. The molecule has 0 N–H and O–H groups in total. The second-order valence-corrected chi connectivity index (χ2v) is 5.00. The number of hydrogen-bond acceptors (Lipinski definition) is 1. The van der Waals surface area contributed by atoms with Crippen LogP contribution in [0.25, 0.3) is 0 Å². The number of fused-ring (bicyclic) bond motifs is 1. The van der Waals surface area contributed by atoms with Gasteiger partial charge in [0.1, 0.15) is 11.4 Å². The van der Waals surface area contributed by atoms with E-state index in [9.17, 15) is 0 Å². The lowest BCUT2D eigenvalue weighted by molar-refractivity contribution is 0.0848. The fourth-order valence-electron chi connectivity index (χ4n) is 1.86. The maximum atomic E-state index is 6.15. The summed E-state index contributed by atoms with van der Waals surface area (Å²) in [5.41, 5.74) is 2.37. The normalized spacial score (nSPS) is 18.6. The van der Waals surface area contributed by atoms with Crippen molar-refractivity contribution in [1.82, 2.24) is 0 Å². The Morgan fingerprint density at radius 3 is 2.79 bits per heavy atom. The van der Waals surface area contributed by atoms with Crippen molar-refractivity contribution in [3.8, 4) is 5.75 Å². The van der Waals surface area contributed by atoms with Gasteiger partial charge in [-0.25, -0.2) is 0 Å². The maximum Gasteiger partial charge on any atom is 0.141 e. The third-order valence-corrected chi connectivity index (χ3v) is 2.92. The molecule has 0 radical (unpaired) electrons. The lowest BCUT2D eigenvalue weighted by Crippen LogP contribution is -2.32. The number of ether oxygens (including phenoxy) is 1. The highest BCUT2D eigenvalue weighted by molar-refractivity contribution is 6.32. The van der Waals surface area contributed by atoms with Crippen LogP contribution in [0.3, 0.4) is 0 Å². The molecule has 0 amide bonds. The van der Waals surface area contributed by atoms with E-state index >= 15 is 0 Å². The molecule has 0 saturated heterocycles. The summed E-state index contributed by atoms with van der Waals surface area (Å²) >= 11 is 6.15. The van der Waals surface area contributed by atoms with Crippen molar-refractivity contribution in [2.24, 2.45) is 0 Å². The zero-order chi connectivity index (χ0) is 10.3. The van der Waals surface area contributed by atoms with Crippen molar-refractivity contribution < 1.29 is 4.74 Å². The summed E-state index contributed by atoms with van der Waals surface area (Å²) in [4.78, 5) is 0. The molecule has 0 spiro atoms. The molecule has 2 heteroatoms. The highest BCUT2D eigenvalue weighted by Crippen LogP contribution is 2.38. The van der Waals surface area contributed by atoms with Gasteiger partial charge in [-0.1, -0.05) is 17.7 Å². The predicted octanol–water partition coefficient (Wildman–Crippen LogP) is 3.75. The molecule has 76 valence electrons. The lowest BCUT2D eigenvalue weighted by Gasteiger charge is -2.33. The third kappa shape index (κ3) is 1.74. The predicted molar refractivity (Wildman–Crippen MR) is 59.2 cm³/mol. The first-order valence-electron chi connectivity index (χ1n) is 4.96. The largest absolute Gasteiger partial charge is 0.486 e. The van der Waals surface area contributed by atoms with Crippen molar-refractivity contribution in [2.45, 2.75) is 39.2 Å². The van der Waals surface area contributed by atoms with Gasteiger partial charge in [0.2, 0.25) is 0 Å². The summed E-state index contributed by atoms with van der Waals surface area (Å²) in [6.45, 7) is 6.27. The van der Waals surface area contributed by atoms with Crippen LogP contribution in [0.1, 0.15) is 31.4 Å². The van der Waals surface area contributed by atoms with E-state index in [2.05, 4.69) is 26.8 Å². The number of benzene rings is 1. The summed E-state index contributed by atoms with van der Waals surface area (Å²) in [5.74, 6) is 0.883. The van der Waals surface area contributed by atoms with Crippen molar-refractivity contribution in [3.63, 3.8) is 0 Å². The fraction of sp³-hybridized carbons (Fsp3) is 0.500. The molecule has 0 fully saturated rings. The maximum absolute atomic E-state index is 6.15. The summed E-state index contributed by atoms with van der Waals surface area (Å²) in [6, 6.07) is 4.12. The van der Waals surface area contributed by atoms with Crippen molar-refractivity contribution in [3.05, 3.63) is 28.3 Å². The molecule has 1 aliphatic rings. The summed E-state index contributed by atoms with van der Waals surface area (Å²) in [5, 5.41) is 0.743. The van der Waals surface area contributed by atoms with Gasteiger partial charge in [0, 0.05) is 0 Å². The van der Waals surface area contributed by atoms with E-state index in [1.165, 1.54) is 11.1 Å². The van der Waals surface area contributed by atoms with E-state index in [0.29, 0.717) is 0 Å². The Bertz CT molecular complexity index is 369. The second kappa shape index (κ2) is 3.16. The molecular weight excluding hydrogens is 196 g/mol. The van der Waals surface area contributed by atoms with E-state index in [4.69, 9.17) is 16.3 Å². The fourth-order valence-corrected chi connectivity index (χ4v) is 2.20. The van der Waals surface area contributed by atoms with Crippen molar-refractivity contribution in [1.29, 1.82) is 0 Å². The third-order valence-electron chi connectivity index (χ3n) is 2.64. The van der Waals surface area contributed by atoms with Crippen LogP contribution < -0.4 is 4.74 Å². The monoisotopic (exact) mass is 210 g/mol. The van der Waals surface area contributed by atoms with E-state index < -0.39 is 0 Å². The minimum atomic E-state index is -0.0775. The van der Waals surface area contributed by atoms with Gasteiger partial charge in [-0.2, -0.15) is 0 Å². The van der Waals surface area contributed by atoms with E-state index in [1.54, 1.807) is 0 Å². The first kappa shape index (κ1) is 9.85. The van der Waals surface area contributed by atoms with Crippen LogP contribution in [-0.4, -0.2) is 5.60 Å². The van der Waals surface area contributed by atoms with Crippen LogP contribution >= 0.6 is 11.6 Å². The van der Waals surface area contributed by atoms with Crippen LogP contribution in [-0.2, 0) is 6.42 Å². The van der Waals surface area contributed by atoms with Gasteiger partial charge in [-0.15, -0.1) is 0 Å². The lowest BCUT2D eigenvalue weighted by atomic mass is 9.93. The van der Waals surface area contributed by atoms with Gasteiger partial charge in [-0.05, 0) is 50.8 Å². The van der Waals surface area contributed by atoms with Crippen LogP contribution in [0.5, 0.6) is 5.75 Å². The number of rotatable bonds is 0. The molecule has 0 unspecified atom stereocenters. The van der Waals surface area contributed by atoms with Gasteiger partial charge in [0.15, 0.2) is 0 Å². The van der Waals surface area contributed by atoms with Gasteiger partial charge >= 0.3 is 0 Å². The Morgan fingerprint density at radius 2 is 2.07 bits per heavy atom. The Balaban J connectivity index is 2.47. The van der Waals surface area contributed by atoms with Crippen LogP contribution in [0, 0.1) is 6.92 Å². The molecule has 0 atom stereocenters. The zero-order valence-corrected chi connectivity index (χ0v) is 9.61. The van der Waals surface area contributed by atoms with Gasteiger partial charge in [0.05, 0.1) is 5.02 Å². The highest BCUT2D eigenvalue weighted by atomic mass is 35.5. The van der Waals surface area contributed by atoms with Gasteiger partial charge < -0.3 is 4.74 Å².